The first-order chi connectivity index (χ1) is 7.86. The summed E-state index contributed by atoms with van der Waals surface area (Å²) >= 11 is 0. The van der Waals surface area contributed by atoms with Crippen molar-refractivity contribution in [3.8, 4) is 0 Å². The van der Waals surface area contributed by atoms with Gasteiger partial charge in [0.25, 0.3) is 0 Å². The number of hydrogen-bond donors (Lipinski definition) is 2. The van der Waals surface area contributed by atoms with Gasteiger partial charge in [-0.05, 0) is 31.5 Å². The molecule has 1 unspecified atom stereocenters. The van der Waals surface area contributed by atoms with Crippen LogP contribution in [0.15, 0.2) is 24.3 Å². The fourth-order valence-corrected chi connectivity index (χ4v) is 2.47. The molecule has 2 N–H and O–H groups in total. The fourth-order valence-electron chi connectivity index (χ4n) is 2.47. The Balaban J connectivity index is 2.24. The number of nitrogens with one attached hydrogen (secondary N) is 1. The van der Waals surface area contributed by atoms with Crippen LogP contribution in [-0.4, -0.2) is 31.3 Å². The Morgan fingerprint density at radius 1 is 1.44 bits per heavy atom. The molecule has 1 atom stereocenters. The van der Waals surface area contributed by atoms with Crippen LogP contribution in [0.1, 0.15) is 18.4 Å². The molecule has 1 aliphatic heterocycles. The number of benzene rings is 1. The summed E-state index contributed by atoms with van der Waals surface area (Å²) in [5.74, 6) is 0. The Hall–Kier alpha value is -1.06. The lowest BCUT2D eigenvalue weighted by Gasteiger charge is -2.27. The zero-order valence-electron chi connectivity index (χ0n) is 9.82. The van der Waals surface area contributed by atoms with Gasteiger partial charge >= 0.3 is 0 Å². The van der Waals surface area contributed by atoms with Gasteiger partial charge in [-0.15, -0.1) is 0 Å². The molecular weight excluding hydrogens is 200 g/mol. The Labute approximate surface area is 97.1 Å². The van der Waals surface area contributed by atoms with E-state index in [9.17, 15) is 5.11 Å². The van der Waals surface area contributed by atoms with Gasteiger partial charge in [-0.2, -0.15) is 0 Å². The minimum Gasteiger partial charge on any atom is -0.394 e. The topological polar surface area (TPSA) is 35.5 Å². The number of hydrogen-bond acceptors (Lipinski definition) is 3. The quantitative estimate of drug-likeness (QED) is 0.804. The van der Waals surface area contributed by atoms with Gasteiger partial charge in [-0.1, -0.05) is 18.2 Å². The number of rotatable bonds is 4. The van der Waals surface area contributed by atoms with Gasteiger partial charge in [-0.25, -0.2) is 0 Å². The summed E-state index contributed by atoms with van der Waals surface area (Å²) in [4.78, 5) is 2.34. The maximum Gasteiger partial charge on any atom is 0.0635 e. The molecular formula is C13H20N2O. The zero-order valence-corrected chi connectivity index (χ0v) is 9.82. The Bertz CT molecular complexity index is 340. The lowest BCUT2D eigenvalue weighted by atomic mass is 10.1. The minimum atomic E-state index is 0.258. The molecule has 3 nitrogen and oxygen atoms in total. The predicted octanol–water partition coefficient (Wildman–Crippen LogP) is 1.37. The van der Waals surface area contributed by atoms with E-state index in [1.54, 1.807) is 0 Å². The predicted molar refractivity (Wildman–Crippen MR) is 66.7 cm³/mol. The average Bonchev–Trinajstić information content (AvgIpc) is 2.78. The summed E-state index contributed by atoms with van der Waals surface area (Å²) in [6, 6.07) is 8.75. The smallest absolute Gasteiger partial charge is 0.0635 e. The SMILES string of the molecule is CNCc1ccccc1N1CCCC1CO. The van der Waals surface area contributed by atoms with Crippen molar-refractivity contribution in [2.45, 2.75) is 25.4 Å². The first-order valence-electron chi connectivity index (χ1n) is 5.97. The van der Waals surface area contributed by atoms with Gasteiger partial charge in [0.1, 0.15) is 0 Å². The lowest BCUT2D eigenvalue weighted by Crippen LogP contribution is -2.33. The minimum absolute atomic E-state index is 0.258. The second-order valence-corrected chi connectivity index (χ2v) is 4.33. The van der Waals surface area contributed by atoms with Crippen LogP contribution in [0.5, 0.6) is 0 Å². The summed E-state index contributed by atoms with van der Waals surface area (Å²) in [6.07, 6.45) is 2.28. The van der Waals surface area contributed by atoms with Crippen LogP contribution in [0.3, 0.4) is 0 Å². The van der Waals surface area contributed by atoms with E-state index in [1.807, 2.05) is 7.05 Å². The molecule has 16 heavy (non-hydrogen) atoms. The Morgan fingerprint density at radius 2 is 2.25 bits per heavy atom. The summed E-state index contributed by atoms with van der Waals surface area (Å²) in [6.45, 7) is 2.20. The maximum absolute atomic E-state index is 9.36. The molecule has 1 saturated heterocycles. The van der Waals surface area contributed by atoms with Crippen molar-refractivity contribution in [2.75, 3.05) is 25.1 Å². The van der Waals surface area contributed by atoms with Crippen molar-refractivity contribution >= 4 is 5.69 Å². The molecule has 1 fully saturated rings. The van der Waals surface area contributed by atoms with Gasteiger partial charge in [0.15, 0.2) is 0 Å². The highest BCUT2D eigenvalue weighted by molar-refractivity contribution is 5.55. The van der Waals surface area contributed by atoms with Crippen molar-refractivity contribution in [1.82, 2.24) is 5.32 Å². The molecule has 1 aromatic carbocycles. The van der Waals surface area contributed by atoms with Crippen LogP contribution >= 0.6 is 0 Å². The Kier molecular flexibility index (Phi) is 3.80. The number of anilines is 1. The van der Waals surface area contributed by atoms with Crippen molar-refractivity contribution in [3.05, 3.63) is 29.8 Å². The van der Waals surface area contributed by atoms with Gasteiger partial charge in [0.05, 0.1) is 12.6 Å². The molecule has 88 valence electrons. The van der Waals surface area contributed by atoms with Crippen LogP contribution in [0.4, 0.5) is 5.69 Å². The third-order valence-corrected chi connectivity index (χ3v) is 3.26. The van der Waals surface area contributed by atoms with Crippen molar-refractivity contribution in [1.29, 1.82) is 0 Å². The molecule has 1 aliphatic rings. The van der Waals surface area contributed by atoms with E-state index in [-0.39, 0.29) is 6.61 Å². The molecule has 0 bridgehead atoms. The third-order valence-electron chi connectivity index (χ3n) is 3.26. The van der Waals surface area contributed by atoms with E-state index in [0.29, 0.717) is 6.04 Å². The first-order valence-corrected chi connectivity index (χ1v) is 5.97. The molecule has 0 amide bonds. The van der Waals surface area contributed by atoms with Crippen molar-refractivity contribution in [2.24, 2.45) is 0 Å². The van der Waals surface area contributed by atoms with E-state index in [2.05, 4.69) is 34.5 Å². The van der Waals surface area contributed by atoms with Crippen molar-refractivity contribution < 1.29 is 5.11 Å². The Morgan fingerprint density at radius 3 is 3.00 bits per heavy atom. The molecule has 0 radical (unpaired) electrons. The second-order valence-electron chi connectivity index (χ2n) is 4.33. The van der Waals surface area contributed by atoms with Crippen LogP contribution in [0.25, 0.3) is 0 Å². The normalized spacial score (nSPS) is 20.4. The second kappa shape index (κ2) is 5.32. The van der Waals surface area contributed by atoms with Gasteiger partial charge in [-0.3, -0.25) is 0 Å². The molecule has 0 aliphatic carbocycles. The first kappa shape index (κ1) is 11.4. The van der Waals surface area contributed by atoms with Crippen molar-refractivity contribution in [3.63, 3.8) is 0 Å². The highest BCUT2D eigenvalue weighted by Crippen LogP contribution is 2.28. The monoisotopic (exact) mass is 220 g/mol. The summed E-state index contributed by atoms with van der Waals surface area (Å²) in [5.41, 5.74) is 2.58. The molecule has 1 heterocycles. The number of nitrogens with zero attached hydrogens (tertiary/aromatic N) is 1. The van der Waals surface area contributed by atoms with Gasteiger partial charge < -0.3 is 15.3 Å². The summed E-state index contributed by atoms with van der Waals surface area (Å²) in [7, 11) is 1.96. The van der Waals surface area contributed by atoms with Crippen LogP contribution < -0.4 is 10.2 Å². The number of aliphatic hydroxyl groups is 1. The third kappa shape index (κ3) is 2.20. The highest BCUT2D eigenvalue weighted by atomic mass is 16.3. The van der Waals surface area contributed by atoms with E-state index in [4.69, 9.17) is 0 Å². The molecule has 1 aromatic rings. The molecule has 0 spiro atoms. The molecule has 0 aromatic heterocycles. The zero-order chi connectivity index (χ0) is 11.4. The number of para-hydroxylation sites is 1. The lowest BCUT2D eigenvalue weighted by molar-refractivity contribution is 0.266. The highest BCUT2D eigenvalue weighted by Gasteiger charge is 2.25. The maximum atomic E-state index is 9.36. The molecule has 0 saturated carbocycles. The summed E-state index contributed by atoms with van der Waals surface area (Å²) in [5, 5.41) is 12.6. The van der Waals surface area contributed by atoms with Gasteiger partial charge in [0, 0.05) is 18.8 Å². The van der Waals surface area contributed by atoms with E-state index in [1.165, 1.54) is 17.7 Å². The largest absolute Gasteiger partial charge is 0.394 e. The standard InChI is InChI=1S/C13H20N2O/c1-14-9-11-5-2-3-7-13(11)15-8-4-6-12(15)10-16/h2-3,5,7,12,14,16H,4,6,8-10H2,1H3. The van der Waals surface area contributed by atoms with E-state index >= 15 is 0 Å². The van der Waals surface area contributed by atoms with E-state index in [0.717, 1.165) is 19.5 Å². The van der Waals surface area contributed by atoms with E-state index < -0.39 is 0 Å². The summed E-state index contributed by atoms with van der Waals surface area (Å²) < 4.78 is 0. The van der Waals surface area contributed by atoms with Crippen LogP contribution in [-0.2, 0) is 6.54 Å². The van der Waals surface area contributed by atoms with Crippen LogP contribution in [0, 0.1) is 0 Å². The van der Waals surface area contributed by atoms with Crippen LogP contribution in [0.2, 0.25) is 0 Å². The average molecular weight is 220 g/mol. The number of aliphatic hydroxyl groups excluding tert-OH is 1. The van der Waals surface area contributed by atoms with Gasteiger partial charge in [0.2, 0.25) is 0 Å². The molecule has 3 heteroatoms. The molecule has 2 rings (SSSR count). The fraction of sp³-hybridized carbons (Fsp3) is 0.538.